The molecule has 0 aromatic heterocycles. The first-order valence-corrected chi connectivity index (χ1v) is 6.88. The van der Waals surface area contributed by atoms with Gasteiger partial charge in [-0.3, -0.25) is 0 Å². The maximum Gasteiger partial charge on any atom is 0.319 e. The molecule has 0 spiro atoms. The van der Waals surface area contributed by atoms with Crippen LogP contribution in [0.3, 0.4) is 0 Å². The highest BCUT2D eigenvalue weighted by Gasteiger charge is 2.10. The van der Waals surface area contributed by atoms with Crippen LogP contribution in [-0.2, 0) is 11.3 Å². The number of nitrogens with one attached hydrogen (secondary N) is 2. The van der Waals surface area contributed by atoms with Crippen LogP contribution in [0, 0.1) is 5.92 Å². The van der Waals surface area contributed by atoms with Crippen molar-refractivity contribution in [2.75, 3.05) is 25.6 Å². The molecule has 0 aliphatic carbocycles. The molecule has 0 heterocycles. The number of anilines is 1. The number of rotatable bonds is 7. The van der Waals surface area contributed by atoms with Gasteiger partial charge in [0.2, 0.25) is 0 Å². The molecule has 6 heteroatoms. The lowest BCUT2D eigenvalue weighted by atomic mass is 10.1. The number of benzene rings is 1. The van der Waals surface area contributed by atoms with Gasteiger partial charge in [-0.15, -0.1) is 0 Å². The third-order valence-electron chi connectivity index (χ3n) is 2.89. The van der Waals surface area contributed by atoms with E-state index in [4.69, 9.17) is 21.4 Å². The molecule has 1 rings (SSSR count). The summed E-state index contributed by atoms with van der Waals surface area (Å²) in [4.78, 5) is 11.8. The second kappa shape index (κ2) is 8.79. The van der Waals surface area contributed by atoms with E-state index in [1.165, 1.54) is 0 Å². The minimum atomic E-state index is -0.297. The van der Waals surface area contributed by atoms with Crippen molar-refractivity contribution in [3.63, 3.8) is 0 Å². The molecule has 0 saturated carbocycles. The van der Waals surface area contributed by atoms with E-state index in [0.29, 0.717) is 30.3 Å². The minimum Gasteiger partial charge on any atom is -0.396 e. The molecule has 0 saturated heterocycles. The van der Waals surface area contributed by atoms with E-state index < -0.39 is 0 Å². The summed E-state index contributed by atoms with van der Waals surface area (Å²) in [7, 11) is 1.57. The Hall–Kier alpha value is -1.30. The number of methoxy groups -OCH3 is 1. The number of aliphatic hydroxyl groups is 1. The number of hydrogen-bond acceptors (Lipinski definition) is 3. The summed E-state index contributed by atoms with van der Waals surface area (Å²) >= 11 is 6.08. The summed E-state index contributed by atoms with van der Waals surface area (Å²) in [5.41, 5.74) is 1.38. The second-order valence-corrected chi connectivity index (χ2v) is 5.06. The number of amides is 2. The lowest BCUT2D eigenvalue weighted by Gasteiger charge is -2.14. The summed E-state index contributed by atoms with van der Waals surface area (Å²) in [6.07, 6.45) is 0.659. The standard InChI is InChI=1S/C14H21ClN2O3/c1-10(6-7-18)8-16-14(19)17-13-5-3-4-12(15)11(13)9-20-2/h3-5,10,18H,6-9H2,1-2H3,(H2,16,17,19). The van der Waals surface area contributed by atoms with Crippen molar-refractivity contribution >= 4 is 23.3 Å². The van der Waals surface area contributed by atoms with E-state index in [1.807, 2.05) is 6.92 Å². The lowest BCUT2D eigenvalue weighted by Crippen LogP contribution is -2.32. The maximum atomic E-state index is 11.8. The Morgan fingerprint density at radius 3 is 2.90 bits per heavy atom. The van der Waals surface area contributed by atoms with Gasteiger partial charge >= 0.3 is 6.03 Å². The Labute approximate surface area is 124 Å². The Morgan fingerprint density at radius 1 is 1.50 bits per heavy atom. The van der Waals surface area contributed by atoms with Gasteiger partial charge in [0.1, 0.15) is 0 Å². The van der Waals surface area contributed by atoms with Gasteiger partial charge in [0, 0.05) is 36.5 Å². The van der Waals surface area contributed by atoms with Gasteiger partial charge < -0.3 is 20.5 Å². The highest BCUT2D eigenvalue weighted by atomic mass is 35.5. The Bertz CT molecular complexity index is 440. The molecule has 2 amide bonds. The van der Waals surface area contributed by atoms with Gasteiger partial charge in [-0.2, -0.15) is 0 Å². The molecule has 1 aromatic rings. The largest absolute Gasteiger partial charge is 0.396 e. The molecule has 0 aliphatic heterocycles. The smallest absolute Gasteiger partial charge is 0.319 e. The first-order chi connectivity index (χ1) is 9.58. The number of ether oxygens (including phenoxy) is 1. The summed E-state index contributed by atoms with van der Waals surface area (Å²) < 4.78 is 5.08. The van der Waals surface area contributed by atoms with E-state index in [0.717, 1.165) is 5.56 Å². The molecule has 5 nitrogen and oxygen atoms in total. The third-order valence-corrected chi connectivity index (χ3v) is 3.24. The minimum absolute atomic E-state index is 0.122. The van der Waals surface area contributed by atoms with Crippen LogP contribution >= 0.6 is 11.6 Å². The normalized spacial score (nSPS) is 12.0. The van der Waals surface area contributed by atoms with Crippen molar-refractivity contribution in [3.05, 3.63) is 28.8 Å². The summed E-state index contributed by atoms with van der Waals surface area (Å²) in [6, 6.07) is 5.00. The lowest BCUT2D eigenvalue weighted by molar-refractivity contribution is 0.185. The molecule has 0 radical (unpaired) electrons. The van der Waals surface area contributed by atoms with Crippen LogP contribution in [-0.4, -0.2) is 31.4 Å². The molecule has 0 fully saturated rings. The zero-order chi connectivity index (χ0) is 15.0. The SMILES string of the molecule is COCc1c(Cl)cccc1NC(=O)NCC(C)CCO. The van der Waals surface area contributed by atoms with Gasteiger partial charge in [-0.05, 0) is 24.5 Å². The summed E-state index contributed by atoms with van der Waals surface area (Å²) in [5.74, 6) is 0.226. The highest BCUT2D eigenvalue weighted by Crippen LogP contribution is 2.24. The van der Waals surface area contributed by atoms with Crippen molar-refractivity contribution < 1.29 is 14.6 Å². The molecule has 1 unspecified atom stereocenters. The van der Waals surface area contributed by atoms with Gasteiger partial charge in [0.25, 0.3) is 0 Å². The van der Waals surface area contributed by atoms with Crippen LogP contribution in [0.1, 0.15) is 18.9 Å². The average Bonchev–Trinajstić information content (AvgIpc) is 2.41. The van der Waals surface area contributed by atoms with Gasteiger partial charge in [-0.25, -0.2) is 4.79 Å². The van der Waals surface area contributed by atoms with Crippen LogP contribution in [0.2, 0.25) is 5.02 Å². The fourth-order valence-electron chi connectivity index (χ4n) is 1.72. The van der Waals surface area contributed by atoms with Crippen LogP contribution in [0.5, 0.6) is 0 Å². The van der Waals surface area contributed by atoms with Crippen molar-refractivity contribution in [1.82, 2.24) is 5.32 Å². The monoisotopic (exact) mass is 300 g/mol. The topological polar surface area (TPSA) is 70.6 Å². The predicted octanol–water partition coefficient (Wildman–Crippen LogP) is 2.63. The number of halogens is 1. The molecular formula is C14H21ClN2O3. The van der Waals surface area contributed by atoms with Crippen molar-refractivity contribution in [2.24, 2.45) is 5.92 Å². The first kappa shape index (κ1) is 16.8. The first-order valence-electron chi connectivity index (χ1n) is 6.50. The molecule has 112 valence electrons. The molecule has 0 bridgehead atoms. The zero-order valence-electron chi connectivity index (χ0n) is 11.8. The number of aliphatic hydroxyl groups excluding tert-OH is 1. The highest BCUT2D eigenvalue weighted by molar-refractivity contribution is 6.31. The van der Waals surface area contributed by atoms with Gasteiger partial charge in [0.05, 0.1) is 6.61 Å². The van der Waals surface area contributed by atoms with Crippen molar-refractivity contribution in [1.29, 1.82) is 0 Å². The summed E-state index contributed by atoms with van der Waals surface area (Å²) in [5, 5.41) is 14.9. The molecule has 1 atom stereocenters. The predicted molar refractivity (Wildman–Crippen MR) is 80.1 cm³/mol. The average molecular weight is 301 g/mol. The molecule has 0 aliphatic rings. The quantitative estimate of drug-likeness (QED) is 0.725. The molecule has 20 heavy (non-hydrogen) atoms. The molecular weight excluding hydrogens is 280 g/mol. The van der Waals surface area contributed by atoms with E-state index in [-0.39, 0.29) is 18.6 Å². The van der Waals surface area contributed by atoms with E-state index in [2.05, 4.69) is 10.6 Å². The molecule has 1 aromatic carbocycles. The number of hydrogen-bond donors (Lipinski definition) is 3. The Morgan fingerprint density at radius 2 is 2.25 bits per heavy atom. The second-order valence-electron chi connectivity index (χ2n) is 4.65. The maximum absolute atomic E-state index is 11.8. The zero-order valence-corrected chi connectivity index (χ0v) is 12.5. The Kier molecular flexibility index (Phi) is 7.36. The fourth-order valence-corrected chi connectivity index (χ4v) is 1.95. The Balaban J connectivity index is 2.59. The fraction of sp³-hybridized carbons (Fsp3) is 0.500. The van der Waals surface area contributed by atoms with Gasteiger partial charge in [0.15, 0.2) is 0 Å². The van der Waals surface area contributed by atoms with Crippen LogP contribution in [0.15, 0.2) is 18.2 Å². The van der Waals surface area contributed by atoms with Crippen LogP contribution in [0.4, 0.5) is 10.5 Å². The van der Waals surface area contributed by atoms with Crippen molar-refractivity contribution in [2.45, 2.75) is 20.0 Å². The van der Waals surface area contributed by atoms with E-state index >= 15 is 0 Å². The number of carbonyl (C=O) groups excluding carboxylic acids is 1. The van der Waals surface area contributed by atoms with E-state index in [9.17, 15) is 4.79 Å². The third kappa shape index (κ3) is 5.36. The molecule has 3 N–H and O–H groups in total. The van der Waals surface area contributed by atoms with Crippen LogP contribution < -0.4 is 10.6 Å². The number of carbonyl (C=O) groups is 1. The summed E-state index contributed by atoms with van der Waals surface area (Å²) in [6.45, 7) is 2.92. The van der Waals surface area contributed by atoms with Crippen LogP contribution in [0.25, 0.3) is 0 Å². The number of urea groups is 1. The van der Waals surface area contributed by atoms with Crippen molar-refractivity contribution in [3.8, 4) is 0 Å². The van der Waals surface area contributed by atoms with Gasteiger partial charge in [-0.1, -0.05) is 24.6 Å². The van der Waals surface area contributed by atoms with E-state index in [1.54, 1.807) is 25.3 Å².